The Kier molecular flexibility index (Phi) is 4.05. The van der Waals surface area contributed by atoms with Gasteiger partial charge in [-0.05, 0) is 24.6 Å². The van der Waals surface area contributed by atoms with Crippen LogP contribution in [0.1, 0.15) is 24.4 Å². The van der Waals surface area contributed by atoms with Crippen LogP contribution in [0.15, 0.2) is 54.6 Å². The van der Waals surface area contributed by atoms with Crippen molar-refractivity contribution in [3.05, 3.63) is 66.0 Å². The predicted octanol–water partition coefficient (Wildman–Crippen LogP) is 3.55. The van der Waals surface area contributed by atoms with Gasteiger partial charge in [0, 0.05) is 0 Å². The van der Waals surface area contributed by atoms with Gasteiger partial charge in [-0.15, -0.1) is 0 Å². The fourth-order valence-corrected chi connectivity index (χ4v) is 2.19. The second-order valence-electron chi connectivity index (χ2n) is 5.07. The van der Waals surface area contributed by atoms with E-state index < -0.39 is 6.09 Å². The number of carbonyl (C=O) groups excluding carboxylic acids is 1. The third kappa shape index (κ3) is 3.25. The van der Waals surface area contributed by atoms with Crippen LogP contribution in [0.4, 0.5) is 4.79 Å². The fourth-order valence-electron chi connectivity index (χ4n) is 2.19. The average molecular weight is 295 g/mol. The third-order valence-corrected chi connectivity index (χ3v) is 3.36. The minimum absolute atomic E-state index is 0.250. The number of fused-ring (bicyclic) bond motifs is 1. The van der Waals surface area contributed by atoms with Gasteiger partial charge in [0.05, 0.1) is 17.1 Å². The number of nitrogens with one attached hydrogen (secondary N) is 2. The van der Waals surface area contributed by atoms with Crippen molar-refractivity contribution in [3.8, 4) is 0 Å². The summed E-state index contributed by atoms with van der Waals surface area (Å²) in [6.07, 6.45) is -0.461. The number of ether oxygens (including phenoxy) is 1. The van der Waals surface area contributed by atoms with Crippen LogP contribution in [0.3, 0.4) is 0 Å². The number of alkyl carbamates (subject to hydrolysis) is 1. The molecular formula is C17H17N3O2. The van der Waals surface area contributed by atoms with E-state index in [0.29, 0.717) is 5.82 Å². The van der Waals surface area contributed by atoms with Crippen LogP contribution in [0.25, 0.3) is 11.0 Å². The Balaban J connectivity index is 1.58. The summed E-state index contributed by atoms with van der Waals surface area (Å²) < 4.78 is 5.20. The van der Waals surface area contributed by atoms with Crippen LogP contribution in [0.2, 0.25) is 0 Å². The minimum atomic E-state index is -0.461. The van der Waals surface area contributed by atoms with Crippen LogP contribution < -0.4 is 5.32 Å². The lowest BCUT2D eigenvalue weighted by Crippen LogP contribution is -2.27. The molecule has 0 bridgehead atoms. The van der Waals surface area contributed by atoms with Crippen molar-refractivity contribution in [2.45, 2.75) is 19.6 Å². The number of rotatable bonds is 4. The molecule has 22 heavy (non-hydrogen) atoms. The standard InChI is InChI=1S/C17H17N3O2/c1-12(16-19-14-9-5-6-10-15(14)20-16)18-17(21)22-11-13-7-3-2-4-8-13/h2-10,12H,11H2,1H3,(H,18,21)(H,19,20). The van der Waals surface area contributed by atoms with E-state index in [1.807, 2.05) is 61.5 Å². The van der Waals surface area contributed by atoms with Gasteiger partial charge in [0.15, 0.2) is 0 Å². The van der Waals surface area contributed by atoms with Crippen molar-refractivity contribution >= 4 is 17.1 Å². The molecule has 0 aliphatic rings. The fraction of sp³-hybridized carbons (Fsp3) is 0.176. The molecule has 1 amide bonds. The van der Waals surface area contributed by atoms with Gasteiger partial charge in [-0.1, -0.05) is 42.5 Å². The highest BCUT2D eigenvalue weighted by Crippen LogP contribution is 2.15. The number of nitrogens with zero attached hydrogens (tertiary/aromatic N) is 1. The number of imidazole rings is 1. The summed E-state index contributed by atoms with van der Waals surface area (Å²) in [5, 5.41) is 2.77. The van der Waals surface area contributed by atoms with Crippen molar-refractivity contribution in [1.29, 1.82) is 0 Å². The van der Waals surface area contributed by atoms with Crippen LogP contribution in [-0.2, 0) is 11.3 Å². The quantitative estimate of drug-likeness (QED) is 0.773. The summed E-state index contributed by atoms with van der Waals surface area (Å²) in [4.78, 5) is 19.5. The van der Waals surface area contributed by atoms with Gasteiger partial charge in [0.1, 0.15) is 12.4 Å². The summed E-state index contributed by atoms with van der Waals surface area (Å²) in [6, 6.07) is 17.1. The summed E-state index contributed by atoms with van der Waals surface area (Å²) in [6.45, 7) is 2.11. The second kappa shape index (κ2) is 6.30. The molecule has 2 N–H and O–H groups in total. The summed E-state index contributed by atoms with van der Waals surface area (Å²) in [5.41, 5.74) is 2.78. The highest BCUT2D eigenvalue weighted by Gasteiger charge is 2.14. The lowest BCUT2D eigenvalue weighted by atomic mass is 10.2. The Morgan fingerprint density at radius 3 is 2.68 bits per heavy atom. The average Bonchev–Trinajstić information content (AvgIpc) is 2.98. The van der Waals surface area contributed by atoms with E-state index in [0.717, 1.165) is 16.6 Å². The predicted molar refractivity (Wildman–Crippen MR) is 84.3 cm³/mol. The van der Waals surface area contributed by atoms with Crippen molar-refractivity contribution in [1.82, 2.24) is 15.3 Å². The number of carbonyl (C=O) groups is 1. The maximum Gasteiger partial charge on any atom is 0.408 e. The Morgan fingerprint density at radius 2 is 1.91 bits per heavy atom. The summed E-state index contributed by atoms with van der Waals surface area (Å²) >= 11 is 0. The number of para-hydroxylation sites is 2. The molecule has 0 saturated heterocycles. The first-order valence-corrected chi connectivity index (χ1v) is 7.14. The molecule has 3 aromatic rings. The molecule has 1 heterocycles. The topological polar surface area (TPSA) is 67.0 Å². The molecule has 1 atom stereocenters. The number of aromatic nitrogens is 2. The third-order valence-electron chi connectivity index (χ3n) is 3.36. The Labute approximate surface area is 128 Å². The highest BCUT2D eigenvalue weighted by atomic mass is 16.5. The molecule has 2 aromatic carbocycles. The molecule has 0 aliphatic heterocycles. The van der Waals surface area contributed by atoms with E-state index in [-0.39, 0.29) is 12.6 Å². The Hall–Kier alpha value is -2.82. The van der Waals surface area contributed by atoms with E-state index in [1.165, 1.54) is 0 Å². The van der Waals surface area contributed by atoms with Gasteiger partial charge in [-0.25, -0.2) is 9.78 Å². The van der Waals surface area contributed by atoms with Crippen molar-refractivity contribution in [3.63, 3.8) is 0 Å². The molecule has 0 radical (unpaired) electrons. The lowest BCUT2D eigenvalue weighted by Gasteiger charge is -2.11. The maximum absolute atomic E-state index is 11.8. The zero-order valence-corrected chi connectivity index (χ0v) is 12.2. The van der Waals surface area contributed by atoms with Crippen molar-refractivity contribution in [2.75, 3.05) is 0 Å². The summed E-state index contributed by atoms with van der Waals surface area (Å²) in [7, 11) is 0. The van der Waals surface area contributed by atoms with Gasteiger partial charge in [-0.2, -0.15) is 0 Å². The van der Waals surface area contributed by atoms with Crippen LogP contribution in [-0.4, -0.2) is 16.1 Å². The Bertz CT molecular complexity index is 735. The normalized spacial score (nSPS) is 12.0. The summed E-state index contributed by atoms with van der Waals surface area (Å²) in [5.74, 6) is 0.706. The number of hydrogen-bond acceptors (Lipinski definition) is 3. The van der Waals surface area contributed by atoms with Gasteiger partial charge in [-0.3, -0.25) is 0 Å². The largest absolute Gasteiger partial charge is 0.445 e. The zero-order valence-electron chi connectivity index (χ0n) is 12.2. The van der Waals surface area contributed by atoms with E-state index in [1.54, 1.807) is 0 Å². The SMILES string of the molecule is CC(NC(=O)OCc1ccccc1)c1nc2ccccc2[nH]1. The molecule has 0 saturated carbocycles. The Morgan fingerprint density at radius 1 is 1.18 bits per heavy atom. The molecule has 112 valence electrons. The molecule has 0 fully saturated rings. The zero-order chi connectivity index (χ0) is 15.4. The molecule has 5 nitrogen and oxygen atoms in total. The maximum atomic E-state index is 11.8. The number of aromatic amines is 1. The first-order chi connectivity index (χ1) is 10.7. The first-order valence-electron chi connectivity index (χ1n) is 7.14. The second-order valence-corrected chi connectivity index (χ2v) is 5.07. The number of hydrogen-bond donors (Lipinski definition) is 2. The van der Waals surface area contributed by atoms with Crippen LogP contribution >= 0.6 is 0 Å². The molecule has 0 aliphatic carbocycles. The molecule has 3 rings (SSSR count). The van der Waals surface area contributed by atoms with Gasteiger partial charge in [0.25, 0.3) is 0 Å². The van der Waals surface area contributed by atoms with Crippen molar-refractivity contribution < 1.29 is 9.53 Å². The van der Waals surface area contributed by atoms with Gasteiger partial charge < -0.3 is 15.0 Å². The van der Waals surface area contributed by atoms with Gasteiger partial charge in [0.2, 0.25) is 0 Å². The highest BCUT2D eigenvalue weighted by molar-refractivity contribution is 5.75. The molecular weight excluding hydrogens is 278 g/mol. The van der Waals surface area contributed by atoms with Gasteiger partial charge >= 0.3 is 6.09 Å². The number of benzene rings is 2. The smallest absolute Gasteiger partial charge is 0.408 e. The molecule has 1 unspecified atom stereocenters. The number of H-pyrrole nitrogens is 1. The first kappa shape index (κ1) is 14.1. The van der Waals surface area contributed by atoms with E-state index in [9.17, 15) is 4.79 Å². The molecule has 1 aromatic heterocycles. The number of amides is 1. The van der Waals surface area contributed by atoms with E-state index >= 15 is 0 Å². The van der Waals surface area contributed by atoms with Crippen molar-refractivity contribution in [2.24, 2.45) is 0 Å². The monoisotopic (exact) mass is 295 g/mol. The lowest BCUT2D eigenvalue weighted by molar-refractivity contribution is 0.136. The minimum Gasteiger partial charge on any atom is -0.445 e. The van der Waals surface area contributed by atoms with E-state index in [4.69, 9.17) is 4.74 Å². The van der Waals surface area contributed by atoms with Crippen LogP contribution in [0, 0.1) is 0 Å². The van der Waals surface area contributed by atoms with E-state index in [2.05, 4.69) is 15.3 Å². The van der Waals surface area contributed by atoms with Crippen LogP contribution in [0.5, 0.6) is 0 Å². The molecule has 0 spiro atoms. The molecule has 5 heteroatoms.